The Kier molecular flexibility index (Phi) is 13.6. The molecular formula is C17H31IN4S. The third-order valence-corrected chi connectivity index (χ3v) is 4.32. The lowest BCUT2D eigenvalue weighted by Crippen LogP contribution is -2.40. The Labute approximate surface area is 162 Å². The first-order valence-corrected chi connectivity index (χ1v) is 9.24. The van der Waals surface area contributed by atoms with Crippen LogP contribution in [-0.2, 0) is 6.54 Å². The molecule has 1 aromatic carbocycles. The molecule has 0 spiro atoms. The van der Waals surface area contributed by atoms with E-state index in [9.17, 15) is 0 Å². The number of benzene rings is 1. The molecule has 0 heterocycles. The molecule has 1 rings (SSSR count). The van der Waals surface area contributed by atoms with Gasteiger partial charge in [-0.15, -0.1) is 24.0 Å². The topological polar surface area (TPSA) is 39.7 Å². The summed E-state index contributed by atoms with van der Waals surface area (Å²) in [6, 6.07) is 11.1. The highest BCUT2D eigenvalue weighted by atomic mass is 127. The number of aliphatic imine (C=N–C) groups is 1. The molecule has 132 valence electrons. The molecule has 2 N–H and O–H groups in total. The summed E-state index contributed by atoms with van der Waals surface area (Å²) in [5.41, 5.74) is 1.36. The van der Waals surface area contributed by atoms with Crippen molar-refractivity contribution < 1.29 is 0 Å². The highest BCUT2D eigenvalue weighted by molar-refractivity contribution is 14.0. The monoisotopic (exact) mass is 450 g/mol. The van der Waals surface area contributed by atoms with Gasteiger partial charge in [0.2, 0.25) is 0 Å². The largest absolute Gasteiger partial charge is 0.356 e. The molecule has 0 bridgehead atoms. The van der Waals surface area contributed by atoms with Gasteiger partial charge in [-0.2, -0.15) is 11.8 Å². The average Bonchev–Trinajstić information content (AvgIpc) is 2.54. The second-order valence-electron chi connectivity index (χ2n) is 5.46. The van der Waals surface area contributed by atoms with Crippen molar-refractivity contribution in [1.82, 2.24) is 15.5 Å². The van der Waals surface area contributed by atoms with Gasteiger partial charge in [-0.05, 0) is 32.2 Å². The van der Waals surface area contributed by atoms with E-state index in [1.807, 2.05) is 18.8 Å². The SMILES string of the molecule is CN=C(NCCSC)NCCC(C)N(C)Cc1ccccc1.I. The van der Waals surface area contributed by atoms with Crippen molar-refractivity contribution in [3.05, 3.63) is 35.9 Å². The maximum absolute atomic E-state index is 4.24. The number of nitrogens with zero attached hydrogens (tertiary/aromatic N) is 2. The third kappa shape index (κ3) is 10.1. The van der Waals surface area contributed by atoms with Gasteiger partial charge in [-0.1, -0.05) is 30.3 Å². The van der Waals surface area contributed by atoms with Gasteiger partial charge in [0.05, 0.1) is 0 Å². The number of thioether (sulfide) groups is 1. The quantitative estimate of drug-likeness (QED) is 0.263. The minimum atomic E-state index is 0. The summed E-state index contributed by atoms with van der Waals surface area (Å²) in [4.78, 5) is 6.63. The van der Waals surface area contributed by atoms with Gasteiger partial charge in [0.1, 0.15) is 0 Å². The van der Waals surface area contributed by atoms with Crippen molar-refractivity contribution in [3.8, 4) is 0 Å². The molecule has 0 saturated heterocycles. The van der Waals surface area contributed by atoms with Crippen LogP contribution in [0.3, 0.4) is 0 Å². The number of nitrogens with one attached hydrogen (secondary N) is 2. The predicted molar refractivity (Wildman–Crippen MR) is 115 cm³/mol. The lowest BCUT2D eigenvalue weighted by Gasteiger charge is -2.25. The normalized spacial score (nSPS) is 12.7. The third-order valence-electron chi connectivity index (χ3n) is 3.70. The molecule has 0 amide bonds. The van der Waals surface area contributed by atoms with E-state index in [4.69, 9.17) is 0 Å². The first kappa shape index (κ1) is 22.5. The molecule has 1 aromatic rings. The van der Waals surface area contributed by atoms with Crippen LogP contribution in [0.25, 0.3) is 0 Å². The molecular weight excluding hydrogens is 419 g/mol. The van der Waals surface area contributed by atoms with Gasteiger partial charge in [-0.25, -0.2) is 0 Å². The summed E-state index contributed by atoms with van der Waals surface area (Å²) in [5, 5.41) is 6.70. The van der Waals surface area contributed by atoms with Gasteiger partial charge in [0, 0.05) is 38.5 Å². The van der Waals surface area contributed by atoms with Crippen LogP contribution in [0.5, 0.6) is 0 Å². The Morgan fingerprint density at radius 3 is 2.48 bits per heavy atom. The maximum atomic E-state index is 4.24. The molecule has 0 fully saturated rings. The molecule has 6 heteroatoms. The fourth-order valence-electron chi connectivity index (χ4n) is 2.14. The standard InChI is InChI=1S/C17H30N4S.HI/c1-15(21(3)14-16-8-6-5-7-9-16)10-11-19-17(18-2)20-12-13-22-4;/h5-9,15H,10-14H2,1-4H3,(H2,18,19,20);1H. The van der Waals surface area contributed by atoms with Gasteiger partial charge in [-0.3, -0.25) is 9.89 Å². The number of hydrogen-bond acceptors (Lipinski definition) is 3. The number of guanidine groups is 1. The van der Waals surface area contributed by atoms with E-state index < -0.39 is 0 Å². The molecule has 4 nitrogen and oxygen atoms in total. The first-order valence-electron chi connectivity index (χ1n) is 7.85. The van der Waals surface area contributed by atoms with Crippen LogP contribution in [0.1, 0.15) is 18.9 Å². The van der Waals surface area contributed by atoms with Crippen LogP contribution >= 0.6 is 35.7 Å². The Hall–Kier alpha value is -0.470. The Morgan fingerprint density at radius 2 is 1.87 bits per heavy atom. The van der Waals surface area contributed by atoms with Gasteiger partial charge in [0.25, 0.3) is 0 Å². The zero-order chi connectivity index (χ0) is 16.2. The Balaban J connectivity index is 0.00000484. The number of rotatable bonds is 9. The van der Waals surface area contributed by atoms with E-state index in [1.54, 1.807) is 0 Å². The lowest BCUT2D eigenvalue weighted by atomic mass is 10.1. The second-order valence-corrected chi connectivity index (χ2v) is 6.44. The van der Waals surface area contributed by atoms with E-state index in [2.05, 4.69) is 71.1 Å². The van der Waals surface area contributed by atoms with Crippen LogP contribution in [0.4, 0.5) is 0 Å². The van der Waals surface area contributed by atoms with Crippen molar-refractivity contribution in [2.45, 2.75) is 25.9 Å². The fourth-order valence-corrected chi connectivity index (χ4v) is 2.45. The van der Waals surface area contributed by atoms with Crippen molar-refractivity contribution in [2.24, 2.45) is 4.99 Å². The molecule has 0 aliphatic rings. The second kappa shape index (κ2) is 13.9. The molecule has 0 aliphatic carbocycles. The maximum Gasteiger partial charge on any atom is 0.191 e. The minimum absolute atomic E-state index is 0. The Morgan fingerprint density at radius 1 is 1.22 bits per heavy atom. The van der Waals surface area contributed by atoms with E-state index in [1.165, 1.54) is 5.56 Å². The van der Waals surface area contributed by atoms with Crippen molar-refractivity contribution in [1.29, 1.82) is 0 Å². The summed E-state index contributed by atoms with van der Waals surface area (Å²) in [5.74, 6) is 1.99. The van der Waals surface area contributed by atoms with Crippen molar-refractivity contribution >= 4 is 41.7 Å². The number of halogens is 1. The summed E-state index contributed by atoms with van der Waals surface area (Å²) >= 11 is 1.84. The summed E-state index contributed by atoms with van der Waals surface area (Å²) in [6.45, 7) is 5.14. The predicted octanol–water partition coefficient (Wildman–Crippen LogP) is 3.04. The van der Waals surface area contributed by atoms with Crippen molar-refractivity contribution in [2.75, 3.05) is 39.2 Å². The summed E-state index contributed by atoms with van der Waals surface area (Å²) in [6.07, 6.45) is 3.20. The number of hydrogen-bond donors (Lipinski definition) is 2. The molecule has 0 saturated carbocycles. The van der Waals surface area contributed by atoms with Gasteiger partial charge < -0.3 is 10.6 Å². The first-order chi connectivity index (χ1) is 10.7. The van der Waals surface area contributed by atoms with Crippen LogP contribution in [-0.4, -0.2) is 56.1 Å². The fraction of sp³-hybridized carbons (Fsp3) is 0.588. The van der Waals surface area contributed by atoms with Crippen LogP contribution in [0.2, 0.25) is 0 Å². The molecule has 1 atom stereocenters. The summed E-state index contributed by atoms with van der Waals surface area (Å²) in [7, 11) is 4.00. The van der Waals surface area contributed by atoms with Crippen LogP contribution in [0, 0.1) is 0 Å². The Bertz CT molecular complexity index is 428. The highest BCUT2D eigenvalue weighted by Crippen LogP contribution is 2.07. The molecule has 0 aliphatic heterocycles. The smallest absolute Gasteiger partial charge is 0.191 e. The zero-order valence-electron chi connectivity index (χ0n) is 14.7. The van der Waals surface area contributed by atoms with E-state index >= 15 is 0 Å². The van der Waals surface area contributed by atoms with Crippen LogP contribution in [0.15, 0.2) is 35.3 Å². The van der Waals surface area contributed by atoms with E-state index in [0.717, 1.165) is 37.8 Å². The average molecular weight is 450 g/mol. The minimum Gasteiger partial charge on any atom is -0.356 e. The summed E-state index contributed by atoms with van der Waals surface area (Å²) < 4.78 is 0. The lowest BCUT2D eigenvalue weighted by molar-refractivity contribution is 0.238. The van der Waals surface area contributed by atoms with E-state index in [0.29, 0.717) is 6.04 Å². The van der Waals surface area contributed by atoms with Gasteiger partial charge >= 0.3 is 0 Å². The van der Waals surface area contributed by atoms with Crippen molar-refractivity contribution in [3.63, 3.8) is 0 Å². The zero-order valence-corrected chi connectivity index (χ0v) is 17.9. The van der Waals surface area contributed by atoms with Crippen LogP contribution < -0.4 is 10.6 Å². The molecule has 23 heavy (non-hydrogen) atoms. The molecule has 0 radical (unpaired) electrons. The molecule has 1 unspecified atom stereocenters. The van der Waals surface area contributed by atoms with E-state index in [-0.39, 0.29) is 24.0 Å². The molecule has 0 aromatic heterocycles. The highest BCUT2D eigenvalue weighted by Gasteiger charge is 2.09. The van der Waals surface area contributed by atoms with Gasteiger partial charge in [0.15, 0.2) is 5.96 Å².